The van der Waals surface area contributed by atoms with Crippen LogP contribution in [0.2, 0.25) is 0 Å². The Morgan fingerprint density at radius 1 is 1.53 bits per heavy atom. The Kier molecular flexibility index (Phi) is 5.12. The molecule has 1 rings (SSSR count). The molecule has 0 fully saturated rings. The van der Waals surface area contributed by atoms with Crippen molar-refractivity contribution >= 4 is 17.4 Å². The number of hydrogen-bond donors (Lipinski definition) is 0. The Balaban J connectivity index is 2.67. The average Bonchev–Trinajstić information content (AvgIpc) is 2.27. The van der Waals surface area contributed by atoms with Crippen LogP contribution in [-0.2, 0) is 0 Å². The molecule has 0 N–H and O–H groups in total. The summed E-state index contributed by atoms with van der Waals surface area (Å²) < 4.78 is 5.26. The number of Topliss-reactive ketones (excluding diaryl/α,β-unsaturated/α-hetero) is 1. The zero-order valence-electron chi connectivity index (χ0n) is 8.70. The number of rotatable bonds is 6. The molecule has 0 saturated carbocycles. The summed E-state index contributed by atoms with van der Waals surface area (Å²) in [6, 6.07) is 1.72. The van der Waals surface area contributed by atoms with Crippen LogP contribution in [-0.4, -0.2) is 23.3 Å². The fourth-order valence-corrected chi connectivity index (χ4v) is 1.32. The molecule has 15 heavy (non-hydrogen) atoms. The van der Waals surface area contributed by atoms with Gasteiger partial charge in [-0.2, -0.15) is 0 Å². The van der Waals surface area contributed by atoms with Gasteiger partial charge in [0.1, 0.15) is 5.75 Å². The molecule has 0 aliphatic rings. The van der Waals surface area contributed by atoms with Gasteiger partial charge in [0.2, 0.25) is 0 Å². The first-order chi connectivity index (χ1) is 7.27. The predicted octanol–water partition coefficient (Wildman–Crippen LogP) is 2.68. The smallest absolute Gasteiger partial charge is 0.164 e. The number of ether oxygens (including phenoxy) is 1. The number of nitrogens with zero attached hydrogens (tertiary/aromatic N) is 1. The van der Waals surface area contributed by atoms with E-state index in [0.717, 1.165) is 0 Å². The first-order valence-corrected chi connectivity index (χ1v) is 5.48. The van der Waals surface area contributed by atoms with Crippen LogP contribution in [0.4, 0.5) is 0 Å². The predicted molar refractivity (Wildman–Crippen MR) is 59.7 cm³/mol. The number of hydrogen-bond acceptors (Lipinski definition) is 3. The number of pyridine rings is 1. The van der Waals surface area contributed by atoms with Crippen LogP contribution in [0.25, 0.3) is 0 Å². The third kappa shape index (κ3) is 3.88. The van der Waals surface area contributed by atoms with Crippen LogP contribution in [0.5, 0.6) is 5.75 Å². The van der Waals surface area contributed by atoms with E-state index in [1.54, 1.807) is 18.5 Å². The van der Waals surface area contributed by atoms with Crippen molar-refractivity contribution in [3.05, 3.63) is 24.0 Å². The Morgan fingerprint density at radius 3 is 3.00 bits per heavy atom. The maximum Gasteiger partial charge on any atom is 0.164 e. The first-order valence-electron chi connectivity index (χ1n) is 4.95. The van der Waals surface area contributed by atoms with Crippen molar-refractivity contribution in [3.8, 4) is 5.75 Å². The van der Waals surface area contributed by atoms with E-state index in [9.17, 15) is 4.79 Å². The van der Waals surface area contributed by atoms with Crippen molar-refractivity contribution in [1.29, 1.82) is 0 Å². The largest absolute Gasteiger partial charge is 0.492 e. The Labute approximate surface area is 94.4 Å². The quantitative estimate of drug-likeness (QED) is 0.554. The number of carbonyl (C=O) groups excluding carboxylic acids is 1. The monoisotopic (exact) mass is 227 g/mol. The highest BCUT2D eigenvalue weighted by Crippen LogP contribution is 2.13. The van der Waals surface area contributed by atoms with E-state index in [-0.39, 0.29) is 5.78 Å². The lowest BCUT2D eigenvalue weighted by Gasteiger charge is -2.04. The Hall–Kier alpha value is -1.09. The zero-order chi connectivity index (χ0) is 11.1. The highest BCUT2D eigenvalue weighted by molar-refractivity contribution is 6.18. The van der Waals surface area contributed by atoms with Gasteiger partial charge in [0.05, 0.1) is 12.8 Å². The lowest BCUT2D eigenvalue weighted by Crippen LogP contribution is -2.01. The molecule has 0 unspecified atom stereocenters. The molecule has 0 atom stereocenters. The molecule has 0 amide bonds. The van der Waals surface area contributed by atoms with Crippen LogP contribution in [0.3, 0.4) is 0 Å². The van der Waals surface area contributed by atoms with Crippen molar-refractivity contribution in [3.63, 3.8) is 0 Å². The van der Waals surface area contributed by atoms with E-state index < -0.39 is 0 Å². The summed E-state index contributed by atoms with van der Waals surface area (Å²) in [7, 11) is 0. The van der Waals surface area contributed by atoms with E-state index in [2.05, 4.69) is 4.98 Å². The van der Waals surface area contributed by atoms with Crippen LogP contribution in [0.1, 0.15) is 30.1 Å². The fraction of sp³-hybridized carbons (Fsp3) is 0.455. The summed E-state index contributed by atoms with van der Waals surface area (Å²) in [5.74, 6) is 1.20. The molecule has 0 aliphatic carbocycles. The molecule has 1 aromatic heterocycles. The molecule has 82 valence electrons. The molecule has 0 aromatic carbocycles. The average molecular weight is 228 g/mol. The highest BCUT2D eigenvalue weighted by Gasteiger charge is 2.06. The minimum absolute atomic E-state index is 0.0599. The van der Waals surface area contributed by atoms with Gasteiger partial charge in [-0.25, -0.2) is 0 Å². The number of ketones is 1. The van der Waals surface area contributed by atoms with E-state index >= 15 is 0 Å². The van der Waals surface area contributed by atoms with E-state index in [1.165, 1.54) is 0 Å². The van der Waals surface area contributed by atoms with E-state index in [0.29, 0.717) is 36.6 Å². The second-order valence-electron chi connectivity index (χ2n) is 3.06. The number of halogens is 1. The van der Waals surface area contributed by atoms with Crippen LogP contribution < -0.4 is 4.74 Å². The molecule has 0 bridgehead atoms. The maximum absolute atomic E-state index is 11.6. The summed E-state index contributed by atoms with van der Waals surface area (Å²) >= 11 is 5.52. The van der Waals surface area contributed by atoms with Gasteiger partial charge < -0.3 is 4.74 Å². The van der Waals surface area contributed by atoms with Crippen LogP contribution in [0, 0.1) is 0 Å². The zero-order valence-corrected chi connectivity index (χ0v) is 9.46. The minimum Gasteiger partial charge on any atom is -0.492 e. The lowest BCUT2D eigenvalue weighted by atomic mass is 10.1. The number of carbonyl (C=O) groups is 1. The fourth-order valence-electron chi connectivity index (χ4n) is 1.19. The van der Waals surface area contributed by atoms with Crippen molar-refractivity contribution in [1.82, 2.24) is 4.98 Å². The van der Waals surface area contributed by atoms with Gasteiger partial charge in [-0.05, 0) is 19.4 Å². The topological polar surface area (TPSA) is 39.2 Å². The van der Waals surface area contributed by atoms with Crippen molar-refractivity contribution in [2.75, 3.05) is 12.5 Å². The summed E-state index contributed by atoms with van der Waals surface area (Å²) in [4.78, 5) is 15.6. The van der Waals surface area contributed by atoms with Gasteiger partial charge in [0.25, 0.3) is 0 Å². The lowest BCUT2D eigenvalue weighted by molar-refractivity contribution is 0.0981. The molecule has 1 heterocycles. The SMILES string of the molecule is CCOc1cncc(C(=O)CCCCl)c1. The van der Waals surface area contributed by atoms with Crippen LogP contribution in [0.15, 0.2) is 18.5 Å². The molecule has 3 nitrogen and oxygen atoms in total. The molecule has 4 heteroatoms. The van der Waals surface area contributed by atoms with Gasteiger partial charge in [-0.15, -0.1) is 11.6 Å². The molecule has 1 aromatic rings. The van der Waals surface area contributed by atoms with Crippen LogP contribution >= 0.6 is 11.6 Å². The van der Waals surface area contributed by atoms with Gasteiger partial charge in [0.15, 0.2) is 5.78 Å². The summed E-state index contributed by atoms with van der Waals surface area (Å²) in [5.41, 5.74) is 0.589. The van der Waals surface area contributed by atoms with E-state index in [4.69, 9.17) is 16.3 Å². The minimum atomic E-state index is 0.0599. The summed E-state index contributed by atoms with van der Waals surface area (Å²) in [6.07, 6.45) is 4.31. The molecule has 0 saturated heterocycles. The summed E-state index contributed by atoms with van der Waals surface area (Å²) in [6.45, 7) is 2.46. The second kappa shape index (κ2) is 6.40. The second-order valence-corrected chi connectivity index (χ2v) is 3.44. The number of alkyl halides is 1. The normalized spacial score (nSPS) is 10.0. The van der Waals surface area contributed by atoms with Gasteiger partial charge in [-0.1, -0.05) is 0 Å². The maximum atomic E-state index is 11.6. The first kappa shape index (κ1) is 12.0. The number of aromatic nitrogens is 1. The van der Waals surface area contributed by atoms with Crippen molar-refractivity contribution in [2.24, 2.45) is 0 Å². The van der Waals surface area contributed by atoms with Crippen molar-refractivity contribution in [2.45, 2.75) is 19.8 Å². The third-order valence-corrected chi connectivity index (χ3v) is 2.15. The molecular weight excluding hydrogens is 214 g/mol. The highest BCUT2D eigenvalue weighted by atomic mass is 35.5. The van der Waals surface area contributed by atoms with Crippen molar-refractivity contribution < 1.29 is 9.53 Å². The Bertz CT molecular complexity index is 328. The van der Waals surface area contributed by atoms with E-state index in [1.807, 2.05) is 6.92 Å². The van der Waals surface area contributed by atoms with Gasteiger partial charge in [0, 0.05) is 24.1 Å². The Morgan fingerprint density at radius 2 is 2.33 bits per heavy atom. The molecular formula is C11H14ClNO2. The standard InChI is InChI=1S/C11H14ClNO2/c1-2-15-10-6-9(7-13-8-10)11(14)4-3-5-12/h6-8H,2-5H2,1H3. The van der Waals surface area contributed by atoms with Gasteiger partial charge >= 0.3 is 0 Å². The molecule has 0 aliphatic heterocycles. The molecule has 0 spiro atoms. The summed E-state index contributed by atoms with van der Waals surface area (Å²) in [5, 5.41) is 0. The van der Waals surface area contributed by atoms with Gasteiger partial charge in [-0.3, -0.25) is 9.78 Å². The molecule has 0 radical (unpaired) electrons. The third-order valence-electron chi connectivity index (χ3n) is 1.88.